The molecule has 0 aromatic heterocycles. The molecule has 0 spiro atoms. The van der Waals surface area contributed by atoms with E-state index in [1.165, 1.54) is 0 Å². The third-order valence-electron chi connectivity index (χ3n) is 2.27. The molecular formula is C10H10O4. The van der Waals surface area contributed by atoms with Crippen molar-refractivity contribution in [1.29, 1.82) is 0 Å². The SMILES string of the molecule is O=C1c2ccccc2OCC1C(O)O. The molecule has 0 saturated carbocycles. The highest BCUT2D eigenvalue weighted by atomic mass is 16.5. The zero-order chi connectivity index (χ0) is 10.1. The number of benzene rings is 1. The Labute approximate surface area is 80.7 Å². The van der Waals surface area contributed by atoms with Gasteiger partial charge in [-0.3, -0.25) is 4.79 Å². The number of aliphatic hydroxyl groups is 2. The predicted octanol–water partition coefficient (Wildman–Crippen LogP) is 0.189. The van der Waals surface area contributed by atoms with Gasteiger partial charge in [-0.15, -0.1) is 0 Å². The summed E-state index contributed by atoms with van der Waals surface area (Å²) >= 11 is 0. The molecule has 0 aliphatic carbocycles. The van der Waals surface area contributed by atoms with Gasteiger partial charge in [0, 0.05) is 0 Å². The van der Waals surface area contributed by atoms with Crippen molar-refractivity contribution in [3.63, 3.8) is 0 Å². The molecule has 1 aromatic rings. The summed E-state index contributed by atoms with van der Waals surface area (Å²) in [5.74, 6) is -0.638. The van der Waals surface area contributed by atoms with Crippen LogP contribution in [0.15, 0.2) is 24.3 Å². The van der Waals surface area contributed by atoms with Crippen LogP contribution in [0.25, 0.3) is 0 Å². The molecule has 1 aromatic carbocycles. The van der Waals surface area contributed by atoms with Crippen LogP contribution >= 0.6 is 0 Å². The van der Waals surface area contributed by atoms with Crippen molar-refractivity contribution in [1.82, 2.24) is 0 Å². The molecule has 1 heterocycles. The molecule has 2 N–H and O–H groups in total. The van der Waals surface area contributed by atoms with Crippen LogP contribution in [0.1, 0.15) is 10.4 Å². The molecule has 14 heavy (non-hydrogen) atoms. The normalized spacial score (nSPS) is 20.5. The first kappa shape index (κ1) is 9.18. The molecular weight excluding hydrogens is 184 g/mol. The van der Waals surface area contributed by atoms with Gasteiger partial charge in [0.2, 0.25) is 0 Å². The zero-order valence-corrected chi connectivity index (χ0v) is 7.38. The maximum atomic E-state index is 11.7. The van der Waals surface area contributed by atoms with Gasteiger partial charge in [0.25, 0.3) is 0 Å². The Kier molecular flexibility index (Phi) is 2.23. The van der Waals surface area contributed by atoms with Crippen LogP contribution in [-0.2, 0) is 0 Å². The zero-order valence-electron chi connectivity index (χ0n) is 7.38. The minimum absolute atomic E-state index is 0.0213. The lowest BCUT2D eigenvalue weighted by atomic mass is 9.95. The first-order valence-corrected chi connectivity index (χ1v) is 4.32. The molecule has 2 rings (SSSR count). The maximum Gasteiger partial charge on any atom is 0.178 e. The van der Waals surface area contributed by atoms with Gasteiger partial charge in [0.1, 0.15) is 18.3 Å². The van der Waals surface area contributed by atoms with Crippen molar-refractivity contribution in [2.45, 2.75) is 6.29 Å². The number of rotatable bonds is 1. The van der Waals surface area contributed by atoms with Crippen molar-refractivity contribution >= 4 is 5.78 Å². The van der Waals surface area contributed by atoms with Crippen LogP contribution in [0.4, 0.5) is 0 Å². The molecule has 1 aliphatic rings. The Morgan fingerprint density at radius 2 is 2.07 bits per heavy atom. The summed E-state index contributed by atoms with van der Waals surface area (Å²) in [4.78, 5) is 11.7. The molecule has 1 unspecified atom stereocenters. The second kappa shape index (κ2) is 3.40. The number of hydrogen-bond acceptors (Lipinski definition) is 4. The van der Waals surface area contributed by atoms with Gasteiger partial charge in [-0.05, 0) is 12.1 Å². The second-order valence-electron chi connectivity index (χ2n) is 3.19. The lowest BCUT2D eigenvalue weighted by molar-refractivity contribution is -0.0834. The molecule has 0 bridgehead atoms. The van der Waals surface area contributed by atoms with E-state index >= 15 is 0 Å². The predicted molar refractivity (Wildman–Crippen MR) is 48.0 cm³/mol. The fourth-order valence-electron chi connectivity index (χ4n) is 1.47. The third-order valence-corrected chi connectivity index (χ3v) is 2.27. The summed E-state index contributed by atoms with van der Waals surface area (Å²) in [6.07, 6.45) is -1.66. The average molecular weight is 194 g/mol. The standard InChI is InChI=1S/C10H10O4/c11-9-6-3-1-2-4-8(6)14-5-7(9)10(12)13/h1-4,7,10,12-13H,5H2. The second-order valence-corrected chi connectivity index (χ2v) is 3.19. The fourth-order valence-corrected chi connectivity index (χ4v) is 1.47. The molecule has 0 radical (unpaired) electrons. The Hall–Kier alpha value is -1.39. The smallest absolute Gasteiger partial charge is 0.178 e. The van der Waals surface area contributed by atoms with E-state index in [1.807, 2.05) is 0 Å². The van der Waals surface area contributed by atoms with E-state index in [9.17, 15) is 4.79 Å². The van der Waals surface area contributed by atoms with E-state index in [0.717, 1.165) is 0 Å². The van der Waals surface area contributed by atoms with Crippen LogP contribution < -0.4 is 4.74 Å². The van der Waals surface area contributed by atoms with Crippen molar-refractivity contribution in [3.8, 4) is 5.75 Å². The largest absolute Gasteiger partial charge is 0.492 e. The van der Waals surface area contributed by atoms with Gasteiger partial charge in [-0.25, -0.2) is 0 Å². The van der Waals surface area contributed by atoms with E-state index in [4.69, 9.17) is 14.9 Å². The molecule has 0 amide bonds. The van der Waals surface area contributed by atoms with E-state index in [1.54, 1.807) is 24.3 Å². The average Bonchev–Trinajstić information content (AvgIpc) is 2.18. The maximum absolute atomic E-state index is 11.7. The summed E-state index contributed by atoms with van der Waals surface area (Å²) in [5.41, 5.74) is 0.414. The van der Waals surface area contributed by atoms with Gasteiger partial charge >= 0.3 is 0 Å². The molecule has 1 atom stereocenters. The monoisotopic (exact) mass is 194 g/mol. The van der Waals surface area contributed by atoms with Crippen LogP contribution in [-0.4, -0.2) is 28.9 Å². The highest BCUT2D eigenvalue weighted by Gasteiger charge is 2.32. The molecule has 74 valence electrons. The van der Waals surface area contributed by atoms with Crippen LogP contribution in [0.2, 0.25) is 0 Å². The Balaban J connectivity index is 2.37. The number of carbonyl (C=O) groups excluding carboxylic acids is 1. The summed E-state index contributed by atoms with van der Waals surface area (Å²) < 4.78 is 5.23. The number of ketones is 1. The molecule has 4 heteroatoms. The summed E-state index contributed by atoms with van der Waals surface area (Å²) in [6, 6.07) is 6.79. The van der Waals surface area contributed by atoms with Gasteiger partial charge in [0.15, 0.2) is 12.1 Å². The van der Waals surface area contributed by atoms with E-state index in [-0.39, 0.29) is 12.4 Å². The lowest BCUT2D eigenvalue weighted by Gasteiger charge is -2.24. The van der Waals surface area contributed by atoms with Crippen molar-refractivity contribution in [2.75, 3.05) is 6.61 Å². The first-order valence-electron chi connectivity index (χ1n) is 4.32. The van der Waals surface area contributed by atoms with Crippen LogP contribution in [0, 0.1) is 5.92 Å². The topological polar surface area (TPSA) is 66.8 Å². The van der Waals surface area contributed by atoms with E-state index < -0.39 is 12.2 Å². The fraction of sp³-hybridized carbons (Fsp3) is 0.300. The minimum Gasteiger partial charge on any atom is -0.492 e. The van der Waals surface area contributed by atoms with Gasteiger partial charge < -0.3 is 14.9 Å². The summed E-state index contributed by atoms with van der Waals surface area (Å²) in [7, 11) is 0. The number of fused-ring (bicyclic) bond motifs is 1. The Morgan fingerprint density at radius 3 is 2.79 bits per heavy atom. The highest BCUT2D eigenvalue weighted by molar-refractivity contribution is 6.01. The van der Waals surface area contributed by atoms with Crippen molar-refractivity contribution < 1.29 is 19.7 Å². The van der Waals surface area contributed by atoms with Crippen molar-refractivity contribution in [2.24, 2.45) is 5.92 Å². The first-order chi connectivity index (χ1) is 6.70. The summed E-state index contributed by atoms with van der Waals surface area (Å²) in [6.45, 7) is 0.0213. The lowest BCUT2D eigenvalue weighted by Crippen LogP contribution is -2.36. The van der Waals surface area contributed by atoms with Gasteiger partial charge in [-0.1, -0.05) is 12.1 Å². The van der Waals surface area contributed by atoms with Crippen LogP contribution in [0.5, 0.6) is 5.75 Å². The Bertz CT molecular complexity index is 359. The number of carbonyl (C=O) groups is 1. The number of para-hydroxylation sites is 1. The highest BCUT2D eigenvalue weighted by Crippen LogP contribution is 2.27. The number of hydrogen-bond donors (Lipinski definition) is 2. The van der Waals surface area contributed by atoms with Crippen molar-refractivity contribution in [3.05, 3.63) is 29.8 Å². The van der Waals surface area contributed by atoms with Crippen LogP contribution in [0.3, 0.4) is 0 Å². The van der Waals surface area contributed by atoms with Gasteiger partial charge in [-0.2, -0.15) is 0 Å². The summed E-state index contributed by atoms with van der Waals surface area (Å²) in [5, 5.41) is 17.9. The number of Topliss-reactive ketones (excluding diaryl/α,β-unsaturated/α-hetero) is 1. The Morgan fingerprint density at radius 1 is 1.36 bits per heavy atom. The van der Waals surface area contributed by atoms with E-state index in [2.05, 4.69) is 0 Å². The quantitative estimate of drug-likeness (QED) is 0.626. The van der Waals surface area contributed by atoms with E-state index in [0.29, 0.717) is 11.3 Å². The third kappa shape index (κ3) is 1.38. The van der Waals surface area contributed by atoms with Gasteiger partial charge in [0.05, 0.1) is 5.56 Å². The molecule has 0 fully saturated rings. The number of ether oxygens (including phenoxy) is 1. The molecule has 1 aliphatic heterocycles. The number of aliphatic hydroxyl groups excluding tert-OH is 1. The molecule has 0 saturated heterocycles. The molecule has 4 nitrogen and oxygen atoms in total. The minimum atomic E-state index is -1.66.